The molecule has 216 valence electrons. The zero-order valence-corrected chi connectivity index (χ0v) is 25.7. The van der Waals surface area contributed by atoms with Crippen LogP contribution in [-0.2, 0) is 4.79 Å². The van der Waals surface area contributed by atoms with Gasteiger partial charge in [0.25, 0.3) is 0 Å². The Kier molecular flexibility index (Phi) is 26.5. The summed E-state index contributed by atoms with van der Waals surface area (Å²) in [5.74, 6) is 0.497. The highest BCUT2D eigenvalue weighted by molar-refractivity contribution is 6.13. The number of halogens is 1. The van der Waals surface area contributed by atoms with E-state index in [9.17, 15) is 9.18 Å². The second-order valence-electron chi connectivity index (χ2n) is 9.14. The van der Waals surface area contributed by atoms with Crippen LogP contribution < -0.4 is 11.1 Å². The van der Waals surface area contributed by atoms with E-state index in [1.54, 1.807) is 20.0 Å². The van der Waals surface area contributed by atoms with Crippen LogP contribution in [0.25, 0.3) is 0 Å². The standard InChI is InChI=1S/C19H26FN3.C7H14O.C3H8.C2H6N2/c1-13(2)19(23-12-22-14(3)4)16(6)21-11-17-8-7-15(5)18(20)10-9-17;1-4-6(3)7(8)5-2;1-3-2;1-4-2-3/h8-10,12,14,21H,1,6-7,11H2,2-5H3;6H,4-5H2,1-3H3;3H2,1-2H3;2H,1H3,(H2,3,4). The molecule has 1 atom stereocenters. The van der Waals surface area contributed by atoms with Gasteiger partial charge in [-0.15, -0.1) is 0 Å². The number of nitrogens with one attached hydrogen (secondary N) is 1. The second-order valence-corrected chi connectivity index (χ2v) is 9.14. The number of hydrogen-bond acceptors (Lipinski definition) is 4. The smallest absolute Gasteiger partial charge is 0.135 e. The van der Waals surface area contributed by atoms with E-state index in [0.29, 0.717) is 36.6 Å². The molecule has 0 saturated heterocycles. The first-order chi connectivity index (χ1) is 17.9. The molecular formula is C31H54FN5O. The summed E-state index contributed by atoms with van der Waals surface area (Å²) in [6, 6.07) is 0.193. The van der Waals surface area contributed by atoms with Crippen LogP contribution in [0.3, 0.4) is 0 Å². The molecule has 1 rings (SSSR count). The molecule has 0 saturated carbocycles. The largest absolute Gasteiger partial charge is 0.390 e. The summed E-state index contributed by atoms with van der Waals surface area (Å²) in [4.78, 5) is 22.7. The van der Waals surface area contributed by atoms with Gasteiger partial charge in [-0.3, -0.25) is 14.8 Å². The Morgan fingerprint density at radius 2 is 1.74 bits per heavy atom. The van der Waals surface area contributed by atoms with E-state index in [-0.39, 0.29) is 17.8 Å². The molecule has 0 radical (unpaired) electrons. The number of rotatable bonds is 10. The molecule has 0 aliphatic heterocycles. The minimum atomic E-state index is -0.163. The molecule has 0 fully saturated rings. The Morgan fingerprint density at radius 3 is 2.13 bits per heavy atom. The Balaban J connectivity index is -0.000000669. The van der Waals surface area contributed by atoms with Crippen molar-refractivity contribution in [3.8, 4) is 0 Å². The number of hydrogen-bond donors (Lipinski definition) is 2. The van der Waals surface area contributed by atoms with Crippen molar-refractivity contribution in [2.45, 2.75) is 94.0 Å². The topological polar surface area (TPSA) is 92.2 Å². The predicted octanol–water partition coefficient (Wildman–Crippen LogP) is 7.70. The summed E-state index contributed by atoms with van der Waals surface area (Å²) in [5.41, 5.74) is 8.66. The minimum absolute atomic E-state index is 0.163. The monoisotopic (exact) mass is 531 g/mol. The molecule has 0 aromatic heterocycles. The van der Waals surface area contributed by atoms with Gasteiger partial charge < -0.3 is 11.1 Å². The zero-order chi connectivity index (χ0) is 30.1. The summed E-state index contributed by atoms with van der Waals surface area (Å²) >= 11 is 0. The maximum atomic E-state index is 13.5. The number of ketones is 1. The molecule has 0 aromatic carbocycles. The number of aliphatic imine (C=N–C) groups is 3. The van der Waals surface area contributed by atoms with E-state index in [0.717, 1.165) is 23.1 Å². The molecule has 3 N–H and O–H groups in total. The lowest BCUT2D eigenvalue weighted by Gasteiger charge is -2.12. The van der Waals surface area contributed by atoms with Crippen molar-refractivity contribution in [3.63, 3.8) is 0 Å². The summed E-state index contributed by atoms with van der Waals surface area (Å²) in [7, 11) is 1.62. The van der Waals surface area contributed by atoms with Gasteiger partial charge in [-0.25, -0.2) is 9.38 Å². The van der Waals surface area contributed by atoms with Crippen molar-refractivity contribution in [2.24, 2.45) is 26.6 Å². The number of carbonyl (C=O) groups is 1. The third-order valence-corrected chi connectivity index (χ3v) is 4.93. The number of Topliss-reactive ketones (excluding diaryl/α,β-unsaturated/α-hetero) is 1. The normalized spacial score (nSPS) is 13.9. The Morgan fingerprint density at radius 1 is 1.18 bits per heavy atom. The zero-order valence-electron chi connectivity index (χ0n) is 25.7. The highest BCUT2D eigenvalue weighted by Gasteiger charge is 2.08. The van der Waals surface area contributed by atoms with E-state index in [4.69, 9.17) is 5.73 Å². The van der Waals surface area contributed by atoms with Crippen LogP contribution in [-0.4, -0.2) is 43.8 Å². The molecule has 0 spiro atoms. The van der Waals surface area contributed by atoms with Crippen molar-refractivity contribution in [1.82, 2.24) is 5.32 Å². The fourth-order valence-electron chi connectivity index (χ4n) is 2.44. The molecule has 6 nitrogen and oxygen atoms in total. The number of nitrogens with two attached hydrogens (primary N) is 1. The van der Waals surface area contributed by atoms with Crippen LogP contribution in [0.4, 0.5) is 4.39 Å². The first kappa shape index (κ1) is 39.4. The first-order valence-corrected chi connectivity index (χ1v) is 13.4. The van der Waals surface area contributed by atoms with Crippen molar-refractivity contribution < 1.29 is 9.18 Å². The average Bonchev–Trinajstić information content (AvgIpc) is 3.05. The van der Waals surface area contributed by atoms with E-state index in [2.05, 4.69) is 47.3 Å². The molecule has 0 aromatic rings. The predicted molar refractivity (Wildman–Crippen MR) is 168 cm³/mol. The third-order valence-electron chi connectivity index (χ3n) is 4.93. The van der Waals surface area contributed by atoms with Crippen LogP contribution in [0.15, 0.2) is 74.6 Å². The van der Waals surface area contributed by atoms with E-state index in [1.807, 2.05) is 47.6 Å². The van der Waals surface area contributed by atoms with Crippen molar-refractivity contribution >= 4 is 24.2 Å². The fraction of sp³-hybridized carbons (Fsp3) is 0.548. The minimum Gasteiger partial charge on any atom is -0.390 e. The molecule has 0 bridgehead atoms. The molecule has 1 aliphatic carbocycles. The number of allylic oxidation sites excluding steroid dienone is 5. The van der Waals surface area contributed by atoms with E-state index < -0.39 is 0 Å². The fourth-order valence-corrected chi connectivity index (χ4v) is 2.44. The van der Waals surface area contributed by atoms with Gasteiger partial charge in [-0.05, 0) is 63.3 Å². The van der Waals surface area contributed by atoms with Gasteiger partial charge in [-0.2, -0.15) is 0 Å². The number of carbonyl (C=O) groups excluding carboxylic acids is 1. The lowest BCUT2D eigenvalue weighted by molar-refractivity contribution is -0.122. The van der Waals surface area contributed by atoms with Crippen molar-refractivity contribution in [1.29, 1.82) is 0 Å². The Bertz CT molecular complexity index is 873. The highest BCUT2D eigenvalue weighted by atomic mass is 19.1. The molecule has 0 heterocycles. The lowest BCUT2D eigenvalue weighted by atomic mass is 10.0. The maximum absolute atomic E-state index is 13.5. The maximum Gasteiger partial charge on any atom is 0.135 e. The third kappa shape index (κ3) is 22.1. The van der Waals surface area contributed by atoms with Crippen LogP contribution in [0.5, 0.6) is 0 Å². The van der Waals surface area contributed by atoms with Gasteiger partial charge >= 0.3 is 0 Å². The SMILES string of the molecule is C=C(C)C(=NC=NC(C)C)C(=C)NCC1=CCC(C)=C(F)C=C1.CCC.CCC(=O)C(C)CC.CN=CN. The molecule has 7 heteroatoms. The summed E-state index contributed by atoms with van der Waals surface area (Å²) in [5, 5.41) is 3.22. The summed E-state index contributed by atoms with van der Waals surface area (Å²) < 4.78 is 13.5. The van der Waals surface area contributed by atoms with E-state index >= 15 is 0 Å². The van der Waals surface area contributed by atoms with Gasteiger partial charge in [0.1, 0.15) is 17.9 Å². The quantitative estimate of drug-likeness (QED) is 0.223. The van der Waals surface area contributed by atoms with Crippen LogP contribution >= 0.6 is 0 Å². The van der Waals surface area contributed by atoms with E-state index in [1.165, 1.54) is 25.2 Å². The lowest BCUT2D eigenvalue weighted by Crippen LogP contribution is -2.22. The summed E-state index contributed by atoms with van der Waals surface area (Å²) in [6.07, 6.45) is 11.6. The highest BCUT2D eigenvalue weighted by Crippen LogP contribution is 2.18. The van der Waals surface area contributed by atoms with Crippen LogP contribution in [0.1, 0.15) is 88.0 Å². The molecule has 1 unspecified atom stereocenters. The second kappa shape index (κ2) is 25.6. The van der Waals surface area contributed by atoms with Gasteiger partial charge in [0.05, 0.1) is 17.7 Å². The van der Waals surface area contributed by atoms with Gasteiger partial charge in [-0.1, -0.05) is 66.3 Å². The molecule has 38 heavy (non-hydrogen) atoms. The summed E-state index contributed by atoms with van der Waals surface area (Å²) in [6.45, 7) is 26.3. The molecular weight excluding hydrogens is 477 g/mol. The first-order valence-electron chi connectivity index (χ1n) is 13.4. The van der Waals surface area contributed by atoms with Crippen molar-refractivity contribution in [3.05, 3.63) is 59.6 Å². The number of nitrogens with zero attached hydrogens (tertiary/aromatic N) is 3. The Labute approximate surface area is 232 Å². The van der Waals surface area contributed by atoms with Crippen LogP contribution in [0.2, 0.25) is 0 Å². The Hall–Kier alpha value is -3.09. The van der Waals surface area contributed by atoms with Gasteiger partial charge in [0.2, 0.25) is 0 Å². The van der Waals surface area contributed by atoms with Gasteiger partial charge in [0.15, 0.2) is 0 Å². The van der Waals surface area contributed by atoms with Crippen molar-refractivity contribution in [2.75, 3.05) is 13.6 Å². The molecule has 0 amide bonds. The van der Waals surface area contributed by atoms with Crippen LogP contribution in [0, 0.1) is 5.92 Å². The van der Waals surface area contributed by atoms with Gasteiger partial charge in [0, 0.05) is 32.0 Å². The molecule has 1 aliphatic rings. The average molecular weight is 532 g/mol.